The zero-order valence-corrected chi connectivity index (χ0v) is 11.4. The van der Waals surface area contributed by atoms with Gasteiger partial charge in [-0.1, -0.05) is 11.6 Å². The summed E-state index contributed by atoms with van der Waals surface area (Å²) < 4.78 is 1.69. The molecule has 0 aliphatic carbocycles. The molecule has 1 atom stereocenters. The summed E-state index contributed by atoms with van der Waals surface area (Å²) >= 11 is 6.24. The van der Waals surface area contributed by atoms with Gasteiger partial charge in [0.05, 0.1) is 17.4 Å². The monoisotopic (exact) mass is 265 g/mol. The van der Waals surface area contributed by atoms with E-state index in [2.05, 4.69) is 20.4 Å². The normalized spacial score (nSPS) is 12.7. The van der Waals surface area contributed by atoms with Gasteiger partial charge in [0.25, 0.3) is 0 Å². The molecule has 0 spiro atoms. The Morgan fingerprint density at radius 3 is 2.78 bits per heavy atom. The molecule has 1 N–H and O–H groups in total. The van der Waals surface area contributed by atoms with E-state index >= 15 is 0 Å². The largest absolute Gasteiger partial charge is 0.311 e. The third-order valence-electron chi connectivity index (χ3n) is 2.99. The fourth-order valence-electron chi connectivity index (χ4n) is 1.97. The SMILES string of the molecule is CNC(Cc1c(C)nn(C)c1Cl)c1ccncn1. The van der Waals surface area contributed by atoms with Crippen LogP contribution >= 0.6 is 11.6 Å². The van der Waals surface area contributed by atoms with Crippen LogP contribution in [0.2, 0.25) is 5.15 Å². The number of aryl methyl sites for hydroxylation is 2. The van der Waals surface area contributed by atoms with E-state index in [1.54, 1.807) is 17.2 Å². The van der Waals surface area contributed by atoms with Crippen LogP contribution in [-0.2, 0) is 13.5 Å². The second kappa shape index (κ2) is 5.46. The summed E-state index contributed by atoms with van der Waals surface area (Å²) in [5.41, 5.74) is 2.96. The van der Waals surface area contributed by atoms with Gasteiger partial charge >= 0.3 is 0 Å². The average Bonchev–Trinajstić information content (AvgIpc) is 2.62. The van der Waals surface area contributed by atoms with Crippen molar-refractivity contribution in [1.82, 2.24) is 25.1 Å². The van der Waals surface area contributed by atoms with Crippen LogP contribution in [0.3, 0.4) is 0 Å². The van der Waals surface area contributed by atoms with Gasteiger partial charge in [0, 0.05) is 18.8 Å². The fraction of sp³-hybridized carbons (Fsp3) is 0.417. The quantitative estimate of drug-likeness (QED) is 0.914. The van der Waals surface area contributed by atoms with Gasteiger partial charge in [-0.15, -0.1) is 0 Å². The Labute approximate surface area is 111 Å². The van der Waals surface area contributed by atoms with Crippen molar-refractivity contribution in [2.24, 2.45) is 7.05 Å². The lowest BCUT2D eigenvalue weighted by Crippen LogP contribution is -2.20. The summed E-state index contributed by atoms with van der Waals surface area (Å²) in [6.07, 6.45) is 4.05. The van der Waals surface area contributed by atoms with Gasteiger partial charge in [0.2, 0.25) is 0 Å². The average molecular weight is 266 g/mol. The molecule has 2 aromatic heterocycles. The van der Waals surface area contributed by atoms with Gasteiger partial charge in [-0.05, 0) is 26.5 Å². The van der Waals surface area contributed by atoms with Crippen molar-refractivity contribution >= 4 is 11.6 Å². The Hall–Kier alpha value is -1.46. The summed E-state index contributed by atoms with van der Waals surface area (Å²) in [7, 11) is 3.75. The van der Waals surface area contributed by atoms with E-state index in [9.17, 15) is 0 Å². The van der Waals surface area contributed by atoms with Gasteiger partial charge in [-0.2, -0.15) is 5.10 Å². The zero-order chi connectivity index (χ0) is 13.1. The molecule has 0 radical (unpaired) electrons. The number of nitrogens with one attached hydrogen (secondary N) is 1. The number of aromatic nitrogens is 4. The lowest BCUT2D eigenvalue weighted by Gasteiger charge is -2.15. The summed E-state index contributed by atoms with van der Waals surface area (Å²) in [6.45, 7) is 1.97. The second-order valence-electron chi connectivity index (χ2n) is 4.16. The minimum Gasteiger partial charge on any atom is -0.311 e. The molecule has 0 fully saturated rings. The van der Waals surface area contributed by atoms with Crippen molar-refractivity contribution in [1.29, 1.82) is 0 Å². The topological polar surface area (TPSA) is 55.6 Å². The van der Waals surface area contributed by atoms with E-state index < -0.39 is 0 Å². The first-order chi connectivity index (χ1) is 8.63. The standard InChI is InChI=1S/C12H16ClN5/c1-8-9(12(13)18(3)17-8)6-11(14-2)10-4-5-15-7-16-10/h4-5,7,11,14H,6H2,1-3H3. The number of hydrogen-bond acceptors (Lipinski definition) is 4. The van der Waals surface area contributed by atoms with Crippen molar-refractivity contribution in [3.05, 3.63) is 40.7 Å². The minimum atomic E-state index is 0.105. The predicted octanol–water partition coefficient (Wildman–Crippen LogP) is 1.68. The molecule has 0 aliphatic heterocycles. The van der Waals surface area contributed by atoms with Crippen LogP contribution in [-0.4, -0.2) is 26.8 Å². The number of hydrogen-bond donors (Lipinski definition) is 1. The zero-order valence-electron chi connectivity index (χ0n) is 10.7. The van der Waals surface area contributed by atoms with Crippen molar-refractivity contribution in [2.45, 2.75) is 19.4 Å². The maximum atomic E-state index is 6.24. The number of halogens is 1. The molecule has 0 aliphatic rings. The minimum absolute atomic E-state index is 0.105. The Balaban J connectivity index is 2.26. The molecule has 0 saturated heterocycles. The molecule has 1 unspecified atom stereocenters. The molecular formula is C12H16ClN5. The highest BCUT2D eigenvalue weighted by atomic mass is 35.5. The van der Waals surface area contributed by atoms with E-state index in [4.69, 9.17) is 11.6 Å². The first-order valence-electron chi connectivity index (χ1n) is 5.74. The molecular weight excluding hydrogens is 250 g/mol. The van der Waals surface area contributed by atoms with Gasteiger partial charge in [0.1, 0.15) is 11.5 Å². The highest BCUT2D eigenvalue weighted by molar-refractivity contribution is 6.30. The van der Waals surface area contributed by atoms with Crippen LogP contribution in [0.4, 0.5) is 0 Å². The van der Waals surface area contributed by atoms with E-state index in [1.807, 2.05) is 27.1 Å². The third-order valence-corrected chi connectivity index (χ3v) is 3.46. The summed E-state index contributed by atoms with van der Waals surface area (Å²) in [6, 6.07) is 2.01. The highest BCUT2D eigenvalue weighted by Crippen LogP contribution is 2.24. The first-order valence-corrected chi connectivity index (χ1v) is 6.12. The molecule has 2 heterocycles. The number of rotatable bonds is 4. The third kappa shape index (κ3) is 2.52. The molecule has 6 heteroatoms. The highest BCUT2D eigenvalue weighted by Gasteiger charge is 2.18. The van der Waals surface area contributed by atoms with Crippen LogP contribution in [0.15, 0.2) is 18.6 Å². The molecule has 2 aromatic rings. The van der Waals surface area contributed by atoms with Gasteiger partial charge in [-0.25, -0.2) is 9.97 Å². The van der Waals surface area contributed by atoms with E-state index in [1.165, 1.54) is 0 Å². The molecule has 0 amide bonds. The fourth-order valence-corrected chi connectivity index (χ4v) is 2.22. The molecule has 18 heavy (non-hydrogen) atoms. The maximum absolute atomic E-state index is 6.24. The Morgan fingerprint density at radius 2 is 2.28 bits per heavy atom. The Morgan fingerprint density at radius 1 is 1.50 bits per heavy atom. The molecule has 2 rings (SSSR count). The van der Waals surface area contributed by atoms with Crippen molar-refractivity contribution in [2.75, 3.05) is 7.05 Å². The summed E-state index contributed by atoms with van der Waals surface area (Å²) in [4.78, 5) is 8.20. The van der Waals surface area contributed by atoms with Crippen molar-refractivity contribution in [3.63, 3.8) is 0 Å². The lowest BCUT2D eigenvalue weighted by atomic mass is 10.0. The van der Waals surface area contributed by atoms with Crippen LogP contribution in [0.5, 0.6) is 0 Å². The number of likely N-dealkylation sites (N-methyl/N-ethyl adjacent to an activating group) is 1. The number of nitrogens with zero attached hydrogens (tertiary/aromatic N) is 4. The molecule has 96 valence electrons. The van der Waals surface area contributed by atoms with E-state index in [0.29, 0.717) is 5.15 Å². The van der Waals surface area contributed by atoms with E-state index in [-0.39, 0.29) is 6.04 Å². The van der Waals surface area contributed by atoms with Gasteiger partial charge in [-0.3, -0.25) is 4.68 Å². The van der Waals surface area contributed by atoms with Crippen LogP contribution < -0.4 is 5.32 Å². The lowest BCUT2D eigenvalue weighted by molar-refractivity contribution is 0.573. The van der Waals surface area contributed by atoms with Crippen LogP contribution in [0, 0.1) is 6.92 Å². The first kappa shape index (κ1) is 13.0. The summed E-state index contributed by atoms with van der Waals surface area (Å²) in [5, 5.41) is 8.24. The van der Waals surface area contributed by atoms with Crippen molar-refractivity contribution < 1.29 is 0 Å². The van der Waals surface area contributed by atoms with E-state index in [0.717, 1.165) is 23.4 Å². The van der Waals surface area contributed by atoms with Crippen LogP contribution in [0.25, 0.3) is 0 Å². The van der Waals surface area contributed by atoms with Gasteiger partial charge < -0.3 is 5.32 Å². The van der Waals surface area contributed by atoms with Crippen molar-refractivity contribution in [3.8, 4) is 0 Å². The molecule has 0 saturated carbocycles. The Kier molecular flexibility index (Phi) is 3.93. The van der Waals surface area contributed by atoms with Crippen LogP contribution in [0.1, 0.15) is 23.0 Å². The Bertz CT molecular complexity index is 523. The molecule has 0 aromatic carbocycles. The smallest absolute Gasteiger partial charge is 0.130 e. The molecule has 0 bridgehead atoms. The summed E-state index contributed by atoms with van der Waals surface area (Å²) in [5.74, 6) is 0. The maximum Gasteiger partial charge on any atom is 0.130 e. The van der Waals surface area contributed by atoms with Gasteiger partial charge in [0.15, 0.2) is 0 Å². The second-order valence-corrected chi connectivity index (χ2v) is 4.52. The predicted molar refractivity (Wildman–Crippen MR) is 70.5 cm³/mol. The molecule has 5 nitrogen and oxygen atoms in total.